The van der Waals surface area contributed by atoms with Crippen molar-refractivity contribution < 1.29 is 14.4 Å². The number of fused-ring (bicyclic) bond motifs is 1. The summed E-state index contributed by atoms with van der Waals surface area (Å²) in [6.07, 6.45) is 4.80. The maximum atomic E-state index is 12.5. The Morgan fingerprint density at radius 1 is 0.893 bits per heavy atom. The van der Waals surface area contributed by atoms with Gasteiger partial charge in [-0.1, -0.05) is 18.2 Å². The molecule has 2 amide bonds. The van der Waals surface area contributed by atoms with Gasteiger partial charge in [-0.3, -0.25) is 14.4 Å². The summed E-state index contributed by atoms with van der Waals surface area (Å²) in [4.78, 5) is 36.0. The number of benzene rings is 2. The van der Waals surface area contributed by atoms with Crippen LogP contribution in [0.3, 0.4) is 0 Å². The number of rotatable bonds is 6. The van der Waals surface area contributed by atoms with Crippen molar-refractivity contribution in [3.63, 3.8) is 0 Å². The van der Waals surface area contributed by atoms with Gasteiger partial charge in [0.05, 0.1) is 0 Å². The highest BCUT2D eigenvalue weighted by atomic mass is 16.2. The topological polar surface area (TPSA) is 75.3 Å². The van der Waals surface area contributed by atoms with Crippen LogP contribution in [-0.4, -0.2) is 17.6 Å². The first kappa shape index (κ1) is 19.8. The van der Waals surface area contributed by atoms with E-state index in [1.54, 1.807) is 12.1 Å². The number of carbonyl (C=O) groups is 3. The Morgan fingerprint density at radius 2 is 1.64 bits per heavy atom. The maximum absolute atomic E-state index is 12.5. The van der Waals surface area contributed by atoms with E-state index < -0.39 is 0 Å². The lowest BCUT2D eigenvalue weighted by atomic mass is 9.89. The van der Waals surface area contributed by atoms with E-state index in [0.717, 1.165) is 18.4 Å². The molecule has 0 saturated heterocycles. The Bertz CT molecular complexity index is 918. The number of Topliss-reactive ketones (excluding diaryl/α,β-unsaturated/α-hetero) is 1. The summed E-state index contributed by atoms with van der Waals surface area (Å²) in [7, 11) is 0. The van der Waals surface area contributed by atoms with E-state index in [4.69, 9.17) is 0 Å². The number of nitrogens with one attached hydrogen (secondary N) is 2. The fraction of sp³-hybridized carbons (Fsp3) is 0.348. The molecule has 3 rings (SSSR count). The van der Waals surface area contributed by atoms with Crippen LogP contribution in [0.1, 0.15) is 59.7 Å². The van der Waals surface area contributed by atoms with Gasteiger partial charge in [0.2, 0.25) is 11.8 Å². The third-order valence-electron chi connectivity index (χ3n) is 5.08. The van der Waals surface area contributed by atoms with Gasteiger partial charge >= 0.3 is 0 Å². The molecule has 5 nitrogen and oxygen atoms in total. The summed E-state index contributed by atoms with van der Waals surface area (Å²) >= 11 is 0. The van der Waals surface area contributed by atoms with Crippen molar-refractivity contribution >= 4 is 29.0 Å². The zero-order chi connectivity index (χ0) is 20.1. The van der Waals surface area contributed by atoms with Crippen LogP contribution in [0, 0.1) is 6.92 Å². The van der Waals surface area contributed by atoms with Gasteiger partial charge in [0.15, 0.2) is 5.78 Å². The largest absolute Gasteiger partial charge is 0.326 e. The van der Waals surface area contributed by atoms with Gasteiger partial charge in [-0.2, -0.15) is 0 Å². The molecular formula is C23H26N2O3. The molecule has 0 aromatic heterocycles. The minimum atomic E-state index is -0.214. The third kappa shape index (κ3) is 5.06. The number of anilines is 2. The lowest BCUT2D eigenvalue weighted by Gasteiger charge is -2.16. The van der Waals surface area contributed by atoms with Crippen molar-refractivity contribution in [2.24, 2.45) is 0 Å². The lowest BCUT2D eigenvalue weighted by molar-refractivity contribution is -0.116. The molecule has 28 heavy (non-hydrogen) atoms. The molecule has 5 heteroatoms. The predicted octanol–water partition coefficient (Wildman–Crippen LogP) is 4.43. The zero-order valence-corrected chi connectivity index (χ0v) is 16.4. The first-order valence-electron chi connectivity index (χ1n) is 9.75. The number of aryl methyl sites for hydroxylation is 3. The van der Waals surface area contributed by atoms with Crippen molar-refractivity contribution in [3.05, 3.63) is 58.7 Å². The van der Waals surface area contributed by atoms with E-state index >= 15 is 0 Å². The molecule has 2 aromatic carbocycles. The molecule has 0 heterocycles. The molecular weight excluding hydrogens is 352 g/mol. The predicted molar refractivity (Wildman–Crippen MR) is 111 cm³/mol. The summed E-state index contributed by atoms with van der Waals surface area (Å²) in [6.45, 7) is 3.32. The van der Waals surface area contributed by atoms with E-state index in [1.165, 1.54) is 30.9 Å². The molecule has 1 aliphatic rings. The summed E-state index contributed by atoms with van der Waals surface area (Å²) in [5, 5.41) is 5.54. The summed E-state index contributed by atoms with van der Waals surface area (Å²) < 4.78 is 0. The third-order valence-corrected chi connectivity index (χ3v) is 5.08. The van der Waals surface area contributed by atoms with Gasteiger partial charge in [-0.05, 0) is 67.5 Å². The first-order valence-corrected chi connectivity index (χ1v) is 9.75. The molecule has 0 atom stereocenters. The van der Waals surface area contributed by atoms with Crippen LogP contribution in [0.15, 0.2) is 36.4 Å². The minimum absolute atomic E-state index is 0.00718. The Kier molecular flexibility index (Phi) is 6.24. The summed E-state index contributed by atoms with van der Waals surface area (Å²) in [5.41, 5.74) is 5.46. The SMILES string of the molecule is CC(=O)Nc1ccc(C)c(NC(=O)CCC(=O)c2ccc3c(c2)CCCC3)c1. The number of amides is 2. The average molecular weight is 378 g/mol. The van der Waals surface area contributed by atoms with Gasteiger partial charge < -0.3 is 10.6 Å². The Balaban J connectivity index is 1.58. The van der Waals surface area contributed by atoms with Crippen LogP contribution >= 0.6 is 0 Å². The minimum Gasteiger partial charge on any atom is -0.326 e. The molecule has 146 valence electrons. The van der Waals surface area contributed by atoms with Gasteiger partial charge in [-0.15, -0.1) is 0 Å². The number of ketones is 1. The van der Waals surface area contributed by atoms with Crippen molar-refractivity contribution in [2.75, 3.05) is 10.6 Å². The number of hydrogen-bond acceptors (Lipinski definition) is 3. The van der Waals surface area contributed by atoms with Crippen molar-refractivity contribution in [1.29, 1.82) is 0 Å². The van der Waals surface area contributed by atoms with Crippen LogP contribution < -0.4 is 10.6 Å². The van der Waals surface area contributed by atoms with Gasteiger partial charge in [0.1, 0.15) is 0 Å². The average Bonchev–Trinajstić information content (AvgIpc) is 2.68. The van der Waals surface area contributed by atoms with E-state index in [0.29, 0.717) is 16.9 Å². The maximum Gasteiger partial charge on any atom is 0.224 e. The fourth-order valence-corrected chi connectivity index (χ4v) is 3.53. The highest BCUT2D eigenvalue weighted by Gasteiger charge is 2.14. The Labute approximate surface area is 165 Å². The summed E-state index contributed by atoms with van der Waals surface area (Å²) in [5.74, 6) is -0.390. The van der Waals surface area contributed by atoms with Crippen LogP contribution in [0.25, 0.3) is 0 Å². The van der Waals surface area contributed by atoms with Crippen LogP contribution in [-0.2, 0) is 22.4 Å². The molecule has 0 radical (unpaired) electrons. The molecule has 0 fully saturated rings. The second-order valence-electron chi connectivity index (χ2n) is 7.37. The molecule has 2 N–H and O–H groups in total. The Morgan fingerprint density at radius 3 is 2.39 bits per heavy atom. The fourth-order valence-electron chi connectivity index (χ4n) is 3.53. The highest BCUT2D eigenvalue weighted by Crippen LogP contribution is 2.23. The lowest BCUT2D eigenvalue weighted by Crippen LogP contribution is -2.15. The first-order chi connectivity index (χ1) is 13.4. The van der Waals surface area contributed by atoms with Crippen LogP contribution in [0.4, 0.5) is 11.4 Å². The van der Waals surface area contributed by atoms with Gasteiger partial charge in [0, 0.05) is 36.7 Å². The highest BCUT2D eigenvalue weighted by molar-refractivity contribution is 6.00. The molecule has 0 saturated carbocycles. The number of hydrogen-bond donors (Lipinski definition) is 2. The molecule has 0 unspecified atom stereocenters. The molecule has 0 spiro atoms. The standard InChI is InChI=1S/C23H26N2O3/c1-15-7-10-20(24-16(2)26)14-21(15)25-23(28)12-11-22(27)19-9-8-17-5-3-4-6-18(17)13-19/h7-10,13-14H,3-6,11-12H2,1-2H3,(H,24,26)(H,25,28). The van der Waals surface area contributed by atoms with E-state index in [2.05, 4.69) is 16.7 Å². The smallest absolute Gasteiger partial charge is 0.224 e. The van der Waals surface area contributed by atoms with E-state index in [1.807, 2.05) is 25.1 Å². The second-order valence-corrected chi connectivity index (χ2v) is 7.37. The summed E-state index contributed by atoms with van der Waals surface area (Å²) in [6, 6.07) is 11.3. The van der Waals surface area contributed by atoms with Crippen molar-refractivity contribution in [3.8, 4) is 0 Å². The quantitative estimate of drug-likeness (QED) is 0.730. The van der Waals surface area contributed by atoms with E-state index in [-0.39, 0.29) is 30.4 Å². The van der Waals surface area contributed by atoms with E-state index in [9.17, 15) is 14.4 Å². The second kappa shape index (κ2) is 8.83. The molecule has 2 aromatic rings. The normalized spacial score (nSPS) is 12.8. The monoisotopic (exact) mass is 378 g/mol. The zero-order valence-electron chi connectivity index (χ0n) is 16.4. The van der Waals surface area contributed by atoms with Gasteiger partial charge in [-0.25, -0.2) is 0 Å². The number of carbonyl (C=O) groups excluding carboxylic acids is 3. The van der Waals surface area contributed by atoms with Crippen molar-refractivity contribution in [2.45, 2.75) is 52.4 Å². The molecule has 1 aliphatic carbocycles. The Hall–Kier alpha value is -2.95. The molecule has 0 aliphatic heterocycles. The van der Waals surface area contributed by atoms with Gasteiger partial charge in [0.25, 0.3) is 0 Å². The van der Waals surface area contributed by atoms with Crippen LogP contribution in [0.2, 0.25) is 0 Å². The van der Waals surface area contributed by atoms with Crippen LogP contribution in [0.5, 0.6) is 0 Å². The molecule has 0 bridgehead atoms. The van der Waals surface area contributed by atoms with Crippen molar-refractivity contribution in [1.82, 2.24) is 0 Å².